The number of fused-ring (bicyclic) bond motifs is 1. The number of anilines is 1. The Kier molecular flexibility index (Phi) is 2.48. The van der Waals surface area contributed by atoms with Crippen LogP contribution in [0, 0.1) is 6.92 Å². The molecule has 3 rings (SSSR count). The van der Waals surface area contributed by atoms with Crippen LogP contribution < -0.4 is 10.6 Å². The van der Waals surface area contributed by atoms with Gasteiger partial charge in [0.1, 0.15) is 0 Å². The average Bonchev–Trinajstić information content (AvgIpc) is 2.65. The van der Waals surface area contributed by atoms with Gasteiger partial charge in [-0.3, -0.25) is 4.79 Å². The van der Waals surface area contributed by atoms with E-state index in [1.54, 1.807) is 0 Å². The van der Waals surface area contributed by atoms with Crippen LogP contribution in [0.1, 0.15) is 24.0 Å². The monoisotopic (exact) mass is 228 g/mol. The first-order chi connectivity index (χ1) is 8.25. The summed E-state index contributed by atoms with van der Waals surface area (Å²) >= 11 is 0. The van der Waals surface area contributed by atoms with Gasteiger partial charge in [0.2, 0.25) is 0 Å². The lowest BCUT2D eigenvalue weighted by atomic mass is 9.94. The average molecular weight is 228 g/mol. The number of benzene rings is 1. The van der Waals surface area contributed by atoms with Crippen LogP contribution in [-0.2, 0) is 4.79 Å². The van der Waals surface area contributed by atoms with Crippen LogP contribution >= 0.6 is 0 Å². The molecule has 3 nitrogen and oxygen atoms in total. The molecule has 2 N–H and O–H groups in total. The fourth-order valence-electron chi connectivity index (χ4n) is 2.62. The Balaban J connectivity index is 2.10. The van der Waals surface area contributed by atoms with Crippen molar-refractivity contribution in [3.8, 4) is 0 Å². The van der Waals surface area contributed by atoms with Crippen molar-refractivity contribution in [1.29, 1.82) is 0 Å². The van der Waals surface area contributed by atoms with E-state index in [0.717, 1.165) is 42.8 Å². The van der Waals surface area contributed by atoms with E-state index >= 15 is 0 Å². The molecule has 2 heterocycles. The van der Waals surface area contributed by atoms with E-state index < -0.39 is 0 Å². The van der Waals surface area contributed by atoms with Gasteiger partial charge in [-0.25, -0.2) is 0 Å². The second kappa shape index (κ2) is 4.00. The number of carbonyl (C=O) groups excluding carboxylic acids is 1. The lowest BCUT2D eigenvalue weighted by molar-refractivity contribution is -0.110. The summed E-state index contributed by atoms with van der Waals surface area (Å²) < 4.78 is 0. The molecule has 0 saturated carbocycles. The molecule has 0 radical (unpaired) electrons. The highest BCUT2D eigenvalue weighted by molar-refractivity contribution is 6.32. The van der Waals surface area contributed by atoms with E-state index in [1.807, 2.05) is 13.0 Å². The Labute approximate surface area is 101 Å². The van der Waals surface area contributed by atoms with Gasteiger partial charge in [-0.15, -0.1) is 0 Å². The third kappa shape index (κ3) is 1.76. The molecule has 1 fully saturated rings. The lowest BCUT2D eigenvalue weighted by Gasteiger charge is -2.17. The molecule has 17 heavy (non-hydrogen) atoms. The number of hydrogen-bond acceptors (Lipinski definition) is 2. The Morgan fingerprint density at radius 2 is 1.94 bits per heavy atom. The van der Waals surface area contributed by atoms with Crippen LogP contribution in [0.5, 0.6) is 0 Å². The zero-order chi connectivity index (χ0) is 11.8. The first-order valence-corrected chi connectivity index (χ1v) is 6.11. The van der Waals surface area contributed by atoms with Crippen molar-refractivity contribution in [2.24, 2.45) is 0 Å². The number of carbonyl (C=O) groups is 1. The van der Waals surface area contributed by atoms with Crippen LogP contribution in [0.15, 0.2) is 23.8 Å². The van der Waals surface area contributed by atoms with Gasteiger partial charge in [0.05, 0.1) is 0 Å². The minimum atomic E-state index is 0.0718. The summed E-state index contributed by atoms with van der Waals surface area (Å²) in [4.78, 5) is 12.1. The van der Waals surface area contributed by atoms with Crippen LogP contribution in [0.25, 0.3) is 5.57 Å². The molecular formula is C14H16N2O. The van der Waals surface area contributed by atoms with Gasteiger partial charge in [0.15, 0.2) is 0 Å². The van der Waals surface area contributed by atoms with E-state index in [4.69, 9.17) is 0 Å². The third-order valence-electron chi connectivity index (χ3n) is 3.48. The van der Waals surface area contributed by atoms with E-state index in [2.05, 4.69) is 22.8 Å². The van der Waals surface area contributed by atoms with Crippen molar-refractivity contribution >= 4 is 17.2 Å². The molecule has 3 heteroatoms. The second-order valence-corrected chi connectivity index (χ2v) is 4.73. The molecule has 0 bridgehead atoms. The highest BCUT2D eigenvalue weighted by Crippen LogP contribution is 2.36. The zero-order valence-electron chi connectivity index (χ0n) is 9.97. The number of piperidine rings is 1. The van der Waals surface area contributed by atoms with Crippen molar-refractivity contribution in [1.82, 2.24) is 5.32 Å². The van der Waals surface area contributed by atoms with Crippen LogP contribution in [0.4, 0.5) is 5.69 Å². The maximum atomic E-state index is 12.1. The van der Waals surface area contributed by atoms with E-state index in [1.165, 1.54) is 11.1 Å². The van der Waals surface area contributed by atoms with Crippen molar-refractivity contribution in [2.45, 2.75) is 19.8 Å². The summed E-state index contributed by atoms with van der Waals surface area (Å²) in [5.41, 5.74) is 5.44. The largest absolute Gasteiger partial charge is 0.321 e. The predicted molar refractivity (Wildman–Crippen MR) is 68.8 cm³/mol. The number of aryl methyl sites for hydroxylation is 1. The molecule has 1 aromatic carbocycles. The van der Waals surface area contributed by atoms with Gasteiger partial charge in [-0.2, -0.15) is 0 Å². The van der Waals surface area contributed by atoms with Crippen molar-refractivity contribution < 1.29 is 4.79 Å². The first kappa shape index (κ1) is 10.5. The lowest BCUT2D eigenvalue weighted by Crippen LogP contribution is -2.24. The molecule has 2 aliphatic heterocycles. The molecule has 1 saturated heterocycles. The Morgan fingerprint density at radius 1 is 1.18 bits per heavy atom. The molecule has 1 amide bonds. The van der Waals surface area contributed by atoms with E-state index in [0.29, 0.717) is 0 Å². The summed E-state index contributed by atoms with van der Waals surface area (Å²) in [6, 6.07) is 6.18. The van der Waals surface area contributed by atoms with Crippen molar-refractivity contribution in [3.63, 3.8) is 0 Å². The van der Waals surface area contributed by atoms with Crippen molar-refractivity contribution in [3.05, 3.63) is 34.9 Å². The molecule has 0 unspecified atom stereocenters. The summed E-state index contributed by atoms with van der Waals surface area (Å²) in [5, 5.41) is 6.29. The van der Waals surface area contributed by atoms with Gasteiger partial charge in [-0.05, 0) is 44.5 Å². The molecule has 88 valence electrons. The predicted octanol–water partition coefficient (Wildman–Crippen LogP) is 2.08. The third-order valence-corrected chi connectivity index (χ3v) is 3.48. The molecule has 0 aliphatic carbocycles. The first-order valence-electron chi connectivity index (χ1n) is 6.11. The van der Waals surface area contributed by atoms with Crippen molar-refractivity contribution in [2.75, 3.05) is 18.4 Å². The van der Waals surface area contributed by atoms with E-state index in [-0.39, 0.29) is 5.91 Å². The number of amides is 1. The highest BCUT2D eigenvalue weighted by atomic mass is 16.2. The molecule has 2 aliphatic rings. The molecular weight excluding hydrogens is 212 g/mol. The topological polar surface area (TPSA) is 41.1 Å². The summed E-state index contributed by atoms with van der Waals surface area (Å²) in [6.07, 6.45) is 1.96. The zero-order valence-corrected chi connectivity index (χ0v) is 9.97. The van der Waals surface area contributed by atoms with Crippen LogP contribution in [0.2, 0.25) is 0 Å². The summed E-state index contributed by atoms with van der Waals surface area (Å²) in [5.74, 6) is 0.0718. The number of hydrogen-bond donors (Lipinski definition) is 2. The SMILES string of the molecule is Cc1ccc2c(c1)NC(=O)C2=C1CCNCC1. The fourth-order valence-corrected chi connectivity index (χ4v) is 2.62. The normalized spacial score (nSPS) is 19.2. The Bertz CT molecular complexity index is 509. The Morgan fingerprint density at radius 3 is 2.71 bits per heavy atom. The summed E-state index contributed by atoms with van der Waals surface area (Å²) in [7, 11) is 0. The quantitative estimate of drug-likeness (QED) is 0.667. The molecule has 0 atom stereocenters. The second-order valence-electron chi connectivity index (χ2n) is 4.73. The Hall–Kier alpha value is -1.61. The van der Waals surface area contributed by atoms with Crippen LogP contribution in [-0.4, -0.2) is 19.0 Å². The van der Waals surface area contributed by atoms with Gasteiger partial charge >= 0.3 is 0 Å². The van der Waals surface area contributed by atoms with Gasteiger partial charge in [0.25, 0.3) is 5.91 Å². The standard InChI is InChI=1S/C14H16N2O/c1-9-2-3-11-12(8-9)16-14(17)13(11)10-4-6-15-7-5-10/h2-3,8,15H,4-7H2,1H3,(H,16,17). The highest BCUT2D eigenvalue weighted by Gasteiger charge is 2.27. The smallest absolute Gasteiger partial charge is 0.256 e. The van der Waals surface area contributed by atoms with Gasteiger partial charge in [0, 0.05) is 16.8 Å². The minimum absolute atomic E-state index is 0.0718. The molecule has 0 aromatic heterocycles. The fraction of sp³-hybridized carbons (Fsp3) is 0.357. The number of nitrogens with one attached hydrogen (secondary N) is 2. The van der Waals surface area contributed by atoms with E-state index in [9.17, 15) is 4.79 Å². The maximum Gasteiger partial charge on any atom is 0.256 e. The van der Waals surface area contributed by atoms with Gasteiger partial charge in [-0.1, -0.05) is 17.7 Å². The van der Waals surface area contributed by atoms with Gasteiger partial charge < -0.3 is 10.6 Å². The molecule has 0 spiro atoms. The molecule has 1 aromatic rings. The maximum absolute atomic E-state index is 12.1. The number of rotatable bonds is 0. The summed E-state index contributed by atoms with van der Waals surface area (Å²) in [6.45, 7) is 4.00. The van der Waals surface area contributed by atoms with Crippen LogP contribution in [0.3, 0.4) is 0 Å². The minimum Gasteiger partial charge on any atom is -0.321 e.